The summed E-state index contributed by atoms with van der Waals surface area (Å²) in [6.45, 7) is 0.768. The largest absolute Gasteiger partial charge is 0.497 e. The maximum absolute atomic E-state index is 5.15. The molecule has 0 amide bonds. The molecule has 20 heavy (non-hydrogen) atoms. The molecule has 6 nitrogen and oxygen atoms in total. The minimum Gasteiger partial charge on any atom is -0.497 e. The summed E-state index contributed by atoms with van der Waals surface area (Å²) in [4.78, 5) is 2.07. The van der Waals surface area contributed by atoms with E-state index < -0.39 is 0 Å². The average Bonchev–Trinajstić information content (AvgIpc) is 2.95. The van der Waals surface area contributed by atoms with Crippen molar-refractivity contribution in [2.24, 2.45) is 0 Å². The van der Waals surface area contributed by atoms with Gasteiger partial charge >= 0.3 is 0 Å². The lowest BCUT2D eigenvalue weighted by Crippen LogP contribution is -2.18. The van der Waals surface area contributed by atoms with Crippen LogP contribution in [0.25, 0.3) is 5.65 Å². The van der Waals surface area contributed by atoms with Crippen molar-refractivity contribution in [3.63, 3.8) is 0 Å². The third kappa shape index (κ3) is 2.40. The molecule has 0 aliphatic carbocycles. The second-order valence-electron chi connectivity index (χ2n) is 4.53. The van der Waals surface area contributed by atoms with Gasteiger partial charge in [0, 0.05) is 13.6 Å². The SMILES string of the molecule is COc1ccc(CN(C)c2ccc3nncn3n2)cc1. The Morgan fingerprint density at radius 1 is 1.15 bits per heavy atom. The number of anilines is 1. The summed E-state index contributed by atoms with van der Waals surface area (Å²) in [6, 6.07) is 11.9. The molecule has 0 aliphatic rings. The van der Waals surface area contributed by atoms with Crippen molar-refractivity contribution >= 4 is 11.5 Å². The maximum atomic E-state index is 5.15. The molecule has 1 aromatic carbocycles. The molecule has 0 N–H and O–H groups in total. The number of ether oxygens (including phenoxy) is 1. The number of aromatic nitrogens is 4. The van der Waals surface area contributed by atoms with Crippen molar-refractivity contribution in [1.82, 2.24) is 19.8 Å². The Kier molecular flexibility index (Phi) is 3.20. The first-order chi connectivity index (χ1) is 9.76. The first-order valence-electron chi connectivity index (χ1n) is 6.27. The highest BCUT2D eigenvalue weighted by molar-refractivity contribution is 5.45. The standard InChI is InChI=1S/C14H15N5O/c1-18(9-11-3-5-12(20-2)6-4-11)14-8-7-13-16-15-10-19(13)17-14/h3-8,10H,9H2,1-2H3. The van der Waals surface area contributed by atoms with E-state index in [1.54, 1.807) is 18.0 Å². The molecule has 0 fully saturated rings. The summed E-state index contributed by atoms with van der Waals surface area (Å²) >= 11 is 0. The van der Waals surface area contributed by atoms with Crippen LogP contribution >= 0.6 is 0 Å². The Bertz CT molecular complexity index is 707. The second kappa shape index (κ2) is 5.16. The molecular formula is C14H15N5O. The van der Waals surface area contributed by atoms with Crippen molar-refractivity contribution in [1.29, 1.82) is 0 Å². The van der Waals surface area contributed by atoms with Crippen LogP contribution in [0, 0.1) is 0 Å². The van der Waals surface area contributed by atoms with Crippen LogP contribution in [0.5, 0.6) is 5.75 Å². The molecule has 0 saturated heterocycles. The zero-order chi connectivity index (χ0) is 13.9. The molecule has 0 aliphatic heterocycles. The number of fused-ring (bicyclic) bond motifs is 1. The molecule has 0 saturated carbocycles. The summed E-state index contributed by atoms with van der Waals surface area (Å²) in [5.74, 6) is 1.73. The molecule has 0 bridgehead atoms. The van der Waals surface area contributed by atoms with E-state index in [0.717, 1.165) is 23.8 Å². The van der Waals surface area contributed by atoms with Gasteiger partial charge in [-0.2, -0.15) is 4.52 Å². The normalized spacial score (nSPS) is 10.7. The molecular weight excluding hydrogens is 254 g/mol. The molecule has 0 atom stereocenters. The fraction of sp³-hybridized carbons (Fsp3) is 0.214. The van der Waals surface area contributed by atoms with E-state index in [-0.39, 0.29) is 0 Å². The maximum Gasteiger partial charge on any atom is 0.177 e. The summed E-state index contributed by atoms with van der Waals surface area (Å²) < 4.78 is 6.82. The number of benzene rings is 1. The summed E-state index contributed by atoms with van der Waals surface area (Å²) in [5.41, 5.74) is 1.94. The minimum absolute atomic E-state index is 0.742. The van der Waals surface area contributed by atoms with Crippen LogP contribution in [-0.2, 0) is 6.54 Å². The van der Waals surface area contributed by atoms with E-state index in [4.69, 9.17) is 4.74 Å². The summed E-state index contributed by atoms with van der Waals surface area (Å²) in [7, 11) is 3.67. The van der Waals surface area contributed by atoms with Gasteiger partial charge in [0.2, 0.25) is 0 Å². The summed E-state index contributed by atoms with van der Waals surface area (Å²) in [6.07, 6.45) is 1.60. The average molecular weight is 269 g/mol. The van der Waals surface area contributed by atoms with Crippen LogP contribution in [0.3, 0.4) is 0 Å². The highest BCUT2D eigenvalue weighted by atomic mass is 16.5. The minimum atomic E-state index is 0.742. The van der Waals surface area contributed by atoms with Crippen LogP contribution in [0.15, 0.2) is 42.7 Å². The monoisotopic (exact) mass is 269 g/mol. The molecule has 3 rings (SSSR count). The van der Waals surface area contributed by atoms with Gasteiger partial charge in [0.05, 0.1) is 7.11 Å². The molecule has 102 valence electrons. The third-order valence-corrected chi connectivity index (χ3v) is 3.12. The topological polar surface area (TPSA) is 55.5 Å². The fourth-order valence-electron chi connectivity index (χ4n) is 2.01. The first-order valence-corrected chi connectivity index (χ1v) is 6.27. The number of nitrogens with zero attached hydrogens (tertiary/aromatic N) is 5. The Hall–Kier alpha value is -2.63. The predicted octanol–water partition coefficient (Wildman–Crippen LogP) is 1.77. The van der Waals surface area contributed by atoms with Crippen molar-refractivity contribution in [2.45, 2.75) is 6.54 Å². The molecule has 3 aromatic rings. The number of hydrogen-bond acceptors (Lipinski definition) is 5. The third-order valence-electron chi connectivity index (χ3n) is 3.12. The first kappa shape index (κ1) is 12.4. The van der Waals surface area contributed by atoms with Gasteiger partial charge in [0.15, 0.2) is 5.65 Å². The van der Waals surface area contributed by atoms with E-state index in [2.05, 4.69) is 20.2 Å². The van der Waals surface area contributed by atoms with Crippen molar-refractivity contribution in [3.05, 3.63) is 48.3 Å². The van der Waals surface area contributed by atoms with E-state index in [9.17, 15) is 0 Å². The highest BCUT2D eigenvalue weighted by Gasteiger charge is 2.06. The number of rotatable bonds is 4. The Labute approximate surface area is 116 Å². The van der Waals surface area contributed by atoms with Gasteiger partial charge in [-0.25, -0.2) is 0 Å². The molecule has 2 aromatic heterocycles. The molecule has 0 unspecified atom stereocenters. The van der Waals surface area contributed by atoms with Crippen LogP contribution in [-0.4, -0.2) is 34.0 Å². The number of methoxy groups -OCH3 is 1. The van der Waals surface area contributed by atoms with E-state index in [0.29, 0.717) is 0 Å². The van der Waals surface area contributed by atoms with E-state index in [1.807, 2.05) is 43.4 Å². The van der Waals surface area contributed by atoms with Gasteiger partial charge in [0.25, 0.3) is 0 Å². The van der Waals surface area contributed by atoms with Gasteiger partial charge in [-0.1, -0.05) is 12.1 Å². The van der Waals surface area contributed by atoms with Crippen molar-refractivity contribution < 1.29 is 4.74 Å². The molecule has 2 heterocycles. The van der Waals surface area contributed by atoms with E-state index in [1.165, 1.54) is 5.56 Å². The van der Waals surface area contributed by atoms with Crippen molar-refractivity contribution in [3.8, 4) is 5.75 Å². The molecule has 0 spiro atoms. The Morgan fingerprint density at radius 3 is 2.70 bits per heavy atom. The lowest BCUT2D eigenvalue weighted by molar-refractivity contribution is 0.414. The van der Waals surface area contributed by atoms with Gasteiger partial charge in [-0.05, 0) is 29.8 Å². The van der Waals surface area contributed by atoms with Gasteiger partial charge < -0.3 is 9.64 Å². The Morgan fingerprint density at radius 2 is 1.95 bits per heavy atom. The predicted molar refractivity (Wildman–Crippen MR) is 75.9 cm³/mol. The fourth-order valence-corrected chi connectivity index (χ4v) is 2.01. The van der Waals surface area contributed by atoms with Gasteiger partial charge in [0.1, 0.15) is 17.9 Å². The van der Waals surface area contributed by atoms with Crippen LogP contribution in [0.2, 0.25) is 0 Å². The van der Waals surface area contributed by atoms with Crippen LogP contribution < -0.4 is 9.64 Å². The number of hydrogen-bond donors (Lipinski definition) is 0. The van der Waals surface area contributed by atoms with E-state index >= 15 is 0 Å². The summed E-state index contributed by atoms with van der Waals surface area (Å²) in [5, 5.41) is 12.2. The second-order valence-corrected chi connectivity index (χ2v) is 4.53. The molecule has 6 heteroatoms. The quantitative estimate of drug-likeness (QED) is 0.722. The highest BCUT2D eigenvalue weighted by Crippen LogP contribution is 2.16. The smallest absolute Gasteiger partial charge is 0.177 e. The molecule has 0 radical (unpaired) electrons. The van der Waals surface area contributed by atoms with Crippen molar-refractivity contribution in [2.75, 3.05) is 19.1 Å². The lowest BCUT2D eigenvalue weighted by Gasteiger charge is -2.18. The lowest BCUT2D eigenvalue weighted by atomic mass is 10.2. The van der Waals surface area contributed by atoms with Crippen LogP contribution in [0.1, 0.15) is 5.56 Å². The van der Waals surface area contributed by atoms with Gasteiger partial charge in [-0.15, -0.1) is 15.3 Å². The van der Waals surface area contributed by atoms with Gasteiger partial charge in [-0.3, -0.25) is 0 Å². The van der Waals surface area contributed by atoms with Crippen LogP contribution in [0.4, 0.5) is 5.82 Å². The zero-order valence-corrected chi connectivity index (χ0v) is 11.4. The Balaban J connectivity index is 1.78. The zero-order valence-electron chi connectivity index (χ0n) is 11.4.